The Labute approximate surface area is 164 Å². The summed E-state index contributed by atoms with van der Waals surface area (Å²) in [5, 5.41) is 9.56. The Morgan fingerprint density at radius 1 is 1.39 bits per heavy atom. The van der Waals surface area contributed by atoms with Gasteiger partial charge in [0.25, 0.3) is 0 Å². The van der Waals surface area contributed by atoms with Gasteiger partial charge in [-0.05, 0) is 61.6 Å². The lowest BCUT2D eigenvalue weighted by atomic mass is 9.99. The van der Waals surface area contributed by atoms with E-state index in [-0.39, 0.29) is 18.2 Å². The number of carbonyl (C=O) groups is 1. The van der Waals surface area contributed by atoms with Crippen molar-refractivity contribution in [3.8, 4) is 6.07 Å². The first-order valence-electron chi connectivity index (χ1n) is 9.47. The van der Waals surface area contributed by atoms with Gasteiger partial charge >= 0.3 is 5.97 Å². The number of fused-ring (bicyclic) bond motifs is 1. The van der Waals surface area contributed by atoms with Crippen molar-refractivity contribution in [1.29, 1.82) is 5.26 Å². The summed E-state index contributed by atoms with van der Waals surface area (Å²) in [6.07, 6.45) is 2.27. The minimum absolute atomic E-state index is 0.0508. The van der Waals surface area contributed by atoms with Crippen molar-refractivity contribution >= 4 is 11.7 Å². The Hall–Kier alpha value is -2.91. The molecular formula is C22H24FN3O2. The molecule has 1 aliphatic rings. The molecule has 2 aromatic rings. The number of nitrogens with zero attached hydrogens (tertiary/aromatic N) is 2. The highest BCUT2D eigenvalue weighted by Crippen LogP contribution is 2.33. The molecule has 0 radical (unpaired) electrons. The number of esters is 1. The van der Waals surface area contributed by atoms with Crippen molar-refractivity contribution in [2.45, 2.75) is 32.2 Å². The second-order valence-corrected chi connectivity index (χ2v) is 7.18. The van der Waals surface area contributed by atoms with Gasteiger partial charge in [-0.3, -0.25) is 0 Å². The molecule has 146 valence electrons. The average Bonchev–Trinajstić information content (AvgIpc) is 3.07. The lowest BCUT2D eigenvalue weighted by molar-refractivity contribution is 0.0502. The van der Waals surface area contributed by atoms with Gasteiger partial charge in [-0.1, -0.05) is 12.1 Å². The lowest BCUT2D eigenvalue weighted by Gasteiger charge is -2.21. The maximum atomic E-state index is 13.2. The first kappa shape index (κ1) is 19.8. The fourth-order valence-electron chi connectivity index (χ4n) is 3.61. The molecule has 1 atom stereocenters. The number of nitriles is 1. The molecule has 0 unspecified atom stereocenters. The van der Waals surface area contributed by atoms with Gasteiger partial charge < -0.3 is 15.4 Å². The quantitative estimate of drug-likeness (QED) is 0.589. The molecule has 1 aliphatic heterocycles. The summed E-state index contributed by atoms with van der Waals surface area (Å²) in [7, 11) is 0. The van der Waals surface area contributed by atoms with E-state index in [4.69, 9.17) is 10.5 Å². The fourth-order valence-corrected chi connectivity index (χ4v) is 3.61. The standard InChI is InChI=1S/C22H24FN3O2/c1-15(25)10-16-11-17-6-8-26(21(17)19(12-16)14-24)7-3-9-28-22(27)18-4-2-5-20(23)13-18/h2,4-5,11-13,15H,3,6-10,25H2,1H3/t15-/m1/s1. The number of nitrogens with two attached hydrogens (primary N) is 1. The highest BCUT2D eigenvalue weighted by atomic mass is 19.1. The topological polar surface area (TPSA) is 79.3 Å². The van der Waals surface area contributed by atoms with Crippen LogP contribution in [0.1, 0.15) is 40.4 Å². The molecule has 0 spiro atoms. The molecule has 28 heavy (non-hydrogen) atoms. The summed E-state index contributed by atoms with van der Waals surface area (Å²) < 4.78 is 18.4. The molecule has 2 N–H and O–H groups in total. The number of hydrogen-bond acceptors (Lipinski definition) is 5. The van der Waals surface area contributed by atoms with Crippen LogP contribution in [0, 0.1) is 17.1 Å². The van der Waals surface area contributed by atoms with Gasteiger partial charge in [0.1, 0.15) is 11.9 Å². The van der Waals surface area contributed by atoms with E-state index in [1.165, 1.54) is 23.8 Å². The van der Waals surface area contributed by atoms with E-state index in [1.807, 2.05) is 13.0 Å². The summed E-state index contributed by atoms with van der Waals surface area (Å²) in [6, 6.07) is 11.9. The van der Waals surface area contributed by atoms with Crippen LogP contribution in [0.25, 0.3) is 0 Å². The second kappa shape index (κ2) is 8.85. The van der Waals surface area contributed by atoms with E-state index in [1.54, 1.807) is 0 Å². The van der Waals surface area contributed by atoms with Crippen molar-refractivity contribution in [1.82, 2.24) is 0 Å². The van der Waals surface area contributed by atoms with Gasteiger partial charge in [-0.15, -0.1) is 0 Å². The van der Waals surface area contributed by atoms with Gasteiger partial charge in [-0.2, -0.15) is 5.26 Å². The number of rotatable bonds is 7. The molecule has 5 nitrogen and oxygen atoms in total. The Morgan fingerprint density at radius 3 is 2.93 bits per heavy atom. The minimum atomic E-state index is -0.528. The van der Waals surface area contributed by atoms with Crippen LogP contribution in [0.4, 0.5) is 10.1 Å². The third-order valence-corrected chi connectivity index (χ3v) is 4.76. The van der Waals surface area contributed by atoms with E-state index in [0.29, 0.717) is 18.5 Å². The predicted octanol–water partition coefficient (Wildman–Crippen LogP) is 3.20. The van der Waals surface area contributed by atoms with Crippen LogP contribution in [0.5, 0.6) is 0 Å². The first-order valence-corrected chi connectivity index (χ1v) is 9.47. The highest BCUT2D eigenvalue weighted by molar-refractivity contribution is 5.89. The Morgan fingerprint density at radius 2 is 2.21 bits per heavy atom. The molecule has 3 rings (SSSR count). The molecule has 0 amide bonds. The van der Waals surface area contributed by atoms with E-state index >= 15 is 0 Å². The van der Waals surface area contributed by atoms with Gasteiger partial charge in [0, 0.05) is 19.1 Å². The van der Waals surface area contributed by atoms with Gasteiger partial charge in [0.2, 0.25) is 0 Å². The second-order valence-electron chi connectivity index (χ2n) is 7.18. The molecule has 0 fully saturated rings. The molecule has 0 saturated heterocycles. The third kappa shape index (κ3) is 4.68. The van der Waals surface area contributed by atoms with Crippen molar-refractivity contribution in [2.24, 2.45) is 5.73 Å². The zero-order valence-electron chi connectivity index (χ0n) is 16.0. The number of ether oxygens (including phenoxy) is 1. The van der Waals surface area contributed by atoms with E-state index in [9.17, 15) is 14.4 Å². The summed E-state index contributed by atoms with van der Waals surface area (Å²) in [5.41, 5.74) is 10.0. The molecule has 0 bridgehead atoms. The van der Waals surface area contributed by atoms with Crippen LogP contribution in [-0.4, -0.2) is 31.7 Å². The molecule has 6 heteroatoms. The lowest BCUT2D eigenvalue weighted by Crippen LogP contribution is -2.24. The molecule has 1 heterocycles. The number of benzene rings is 2. The molecule has 2 aromatic carbocycles. The molecular weight excluding hydrogens is 357 g/mol. The predicted molar refractivity (Wildman–Crippen MR) is 106 cm³/mol. The summed E-state index contributed by atoms with van der Waals surface area (Å²) in [5.74, 6) is -0.991. The van der Waals surface area contributed by atoms with Crippen molar-refractivity contribution < 1.29 is 13.9 Å². The SMILES string of the molecule is C[C@@H](N)Cc1cc(C#N)c2c(c1)CCN2CCCOC(=O)c1cccc(F)c1. The number of anilines is 1. The minimum Gasteiger partial charge on any atom is -0.462 e. The van der Waals surface area contributed by atoms with E-state index < -0.39 is 11.8 Å². The zero-order valence-corrected chi connectivity index (χ0v) is 16.0. The summed E-state index contributed by atoms with van der Waals surface area (Å²) in [4.78, 5) is 14.1. The Balaban J connectivity index is 1.58. The molecule has 0 aliphatic carbocycles. The van der Waals surface area contributed by atoms with Crippen LogP contribution < -0.4 is 10.6 Å². The van der Waals surface area contributed by atoms with E-state index in [2.05, 4.69) is 17.0 Å². The summed E-state index contributed by atoms with van der Waals surface area (Å²) >= 11 is 0. The number of carbonyl (C=O) groups excluding carboxylic acids is 1. The fraction of sp³-hybridized carbons (Fsp3) is 0.364. The third-order valence-electron chi connectivity index (χ3n) is 4.76. The van der Waals surface area contributed by atoms with Crippen molar-refractivity contribution in [3.05, 3.63) is 64.5 Å². The van der Waals surface area contributed by atoms with Crippen molar-refractivity contribution in [2.75, 3.05) is 24.6 Å². The van der Waals surface area contributed by atoms with Gasteiger partial charge in [0.15, 0.2) is 0 Å². The number of hydrogen-bond donors (Lipinski definition) is 1. The van der Waals surface area contributed by atoms with Crippen LogP contribution in [0.2, 0.25) is 0 Å². The largest absolute Gasteiger partial charge is 0.462 e. The van der Waals surface area contributed by atoms with Crippen LogP contribution >= 0.6 is 0 Å². The summed E-state index contributed by atoms with van der Waals surface area (Å²) in [6.45, 7) is 3.72. The van der Waals surface area contributed by atoms with Crippen molar-refractivity contribution in [3.63, 3.8) is 0 Å². The molecule has 0 aromatic heterocycles. The van der Waals surface area contributed by atoms with Crippen LogP contribution in [-0.2, 0) is 17.6 Å². The average molecular weight is 381 g/mol. The molecule has 0 saturated carbocycles. The van der Waals surface area contributed by atoms with Gasteiger partial charge in [-0.25, -0.2) is 9.18 Å². The maximum Gasteiger partial charge on any atom is 0.338 e. The van der Waals surface area contributed by atoms with Crippen LogP contribution in [0.15, 0.2) is 36.4 Å². The highest BCUT2D eigenvalue weighted by Gasteiger charge is 2.23. The smallest absolute Gasteiger partial charge is 0.338 e. The van der Waals surface area contributed by atoms with Gasteiger partial charge in [0.05, 0.1) is 23.4 Å². The Bertz CT molecular complexity index is 905. The normalized spacial score (nSPS) is 13.7. The van der Waals surface area contributed by atoms with E-state index in [0.717, 1.165) is 36.7 Å². The first-order chi connectivity index (χ1) is 13.5. The zero-order chi connectivity index (χ0) is 20.1. The number of halogens is 1. The monoisotopic (exact) mass is 381 g/mol. The Kier molecular flexibility index (Phi) is 6.27. The van der Waals surface area contributed by atoms with Crippen LogP contribution in [0.3, 0.4) is 0 Å². The maximum absolute atomic E-state index is 13.2.